The van der Waals surface area contributed by atoms with Crippen LogP contribution >= 0.6 is 0 Å². The van der Waals surface area contributed by atoms with E-state index in [0.29, 0.717) is 11.1 Å². The Bertz CT molecular complexity index is 815. The van der Waals surface area contributed by atoms with Crippen LogP contribution in [-0.4, -0.2) is 15.5 Å². The summed E-state index contributed by atoms with van der Waals surface area (Å²) in [4.78, 5) is 11.6. The molecule has 0 aliphatic rings. The van der Waals surface area contributed by atoms with E-state index >= 15 is 0 Å². The molecular weight excluding hydrogens is 250 g/mol. The van der Waals surface area contributed by atoms with Crippen molar-refractivity contribution in [3.05, 3.63) is 65.5 Å². The second kappa shape index (κ2) is 4.53. The van der Waals surface area contributed by atoms with Crippen LogP contribution in [0.25, 0.3) is 16.6 Å². The number of carboxylic acids is 1. The molecule has 100 valence electrons. The molecule has 0 aliphatic carbocycles. The number of benzene rings is 1. The Labute approximate surface area is 117 Å². The summed E-state index contributed by atoms with van der Waals surface area (Å²) in [6.45, 7) is 4.09. The van der Waals surface area contributed by atoms with Gasteiger partial charge in [-0.3, -0.25) is 0 Å². The Morgan fingerprint density at radius 2 is 1.90 bits per heavy atom. The second-order valence-corrected chi connectivity index (χ2v) is 5.02. The maximum atomic E-state index is 11.6. The minimum atomic E-state index is -0.896. The maximum absolute atomic E-state index is 11.6. The number of hydrogen-bond acceptors (Lipinski definition) is 1. The predicted octanol–water partition coefficient (Wildman–Crippen LogP) is 3.92. The Balaban J connectivity index is 2.32. The lowest BCUT2D eigenvalue weighted by atomic mass is 9.99. The fraction of sp³-hybridized carbons (Fsp3) is 0.118. The highest BCUT2D eigenvalue weighted by Crippen LogP contribution is 2.30. The number of aromatic nitrogens is 1. The zero-order chi connectivity index (χ0) is 14.3. The maximum Gasteiger partial charge on any atom is 0.338 e. The van der Waals surface area contributed by atoms with Gasteiger partial charge in [-0.05, 0) is 42.7 Å². The van der Waals surface area contributed by atoms with Crippen molar-refractivity contribution in [2.45, 2.75) is 13.8 Å². The number of aryl methyl sites for hydroxylation is 2. The van der Waals surface area contributed by atoms with Gasteiger partial charge in [-0.2, -0.15) is 0 Å². The molecule has 0 atom stereocenters. The van der Waals surface area contributed by atoms with E-state index in [4.69, 9.17) is 0 Å². The number of carbonyl (C=O) groups is 1. The topological polar surface area (TPSA) is 41.7 Å². The molecule has 0 fully saturated rings. The Kier molecular flexibility index (Phi) is 2.83. The number of nitrogens with zero attached hydrogens (tertiary/aromatic N) is 1. The molecule has 0 unspecified atom stereocenters. The predicted molar refractivity (Wildman–Crippen MR) is 79.3 cm³/mol. The number of carboxylic acid groups (broad SMARTS) is 1. The van der Waals surface area contributed by atoms with Gasteiger partial charge in [-0.1, -0.05) is 24.3 Å². The van der Waals surface area contributed by atoms with Crippen molar-refractivity contribution in [3.8, 4) is 11.1 Å². The summed E-state index contributed by atoms with van der Waals surface area (Å²) < 4.78 is 1.86. The Morgan fingerprint density at radius 1 is 1.10 bits per heavy atom. The largest absolute Gasteiger partial charge is 0.478 e. The standard InChI is InChI=1S/C17H15NO2/c1-11-6-7-13(9-12(11)2)14-10-18-8-4-3-5-15(18)16(14)17(19)20/h3-10H,1-2H3,(H,19,20). The van der Waals surface area contributed by atoms with Crippen LogP contribution in [0.15, 0.2) is 48.8 Å². The minimum Gasteiger partial charge on any atom is -0.478 e. The fourth-order valence-corrected chi connectivity index (χ4v) is 2.47. The first-order valence-corrected chi connectivity index (χ1v) is 6.48. The molecule has 0 amide bonds. The molecule has 2 aromatic heterocycles. The lowest BCUT2D eigenvalue weighted by Crippen LogP contribution is -1.97. The third-order valence-electron chi connectivity index (χ3n) is 3.72. The lowest BCUT2D eigenvalue weighted by molar-refractivity contribution is 0.0700. The van der Waals surface area contributed by atoms with Gasteiger partial charge < -0.3 is 9.51 Å². The van der Waals surface area contributed by atoms with E-state index in [9.17, 15) is 9.90 Å². The number of aromatic carboxylic acids is 1. The van der Waals surface area contributed by atoms with Crippen LogP contribution in [-0.2, 0) is 0 Å². The zero-order valence-electron chi connectivity index (χ0n) is 11.4. The van der Waals surface area contributed by atoms with Gasteiger partial charge in [0, 0.05) is 18.0 Å². The highest BCUT2D eigenvalue weighted by molar-refractivity contribution is 6.03. The SMILES string of the molecule is Cc1ccc(-c2cn3ccccc3c2C(=O)O)cc1C. The molecule has 0 saturated carbocycles. The van der Waals surface area contributed by atoms with Crippen molar-refractivity contribution in [1.82, 2.24) is 4.40 Å². The summed E-state index contributed by atoms with van der Waals surface area (Å²) in [5, 5.41) is 9.52. The summed E-state index contributed by atoms with van der Waals surface area (Å²) in [7, 11) is 0. The number of fused-ring (bicyclic) bond motifs is 1. The van der Waals surface area contributed by atoms with Crippen molar-refractivity contribution < 1.29 is 9.90 Å². The van der Waals surface area contributed by atoms with Gasteiger partial charge in [-0.15, -0.1) is 0 Å². The molecule has 1 N–H and O–H groups in total. The number of hydrogen-bond donors (Lipinski definition) is 1. The molecule has 3 rings (SSSR count). The van der Waals surface area contributed by atoms with Gasteiger partial charge in [-0.25, -0.2) is 4.79 Å². The molecule has 0 bridgehead atoms. The van der Waals surface area contributed by atoms with Crippen molar-refractivity contribution in [3.63, 3.8) is 0 Å². The molecule has 0 spiro atoms. The average Bonchev–Trinajstić information content (AvgIpc) is 2.81. The van der Waals surface area contributed by atoms with Gasteiger partial charge in [0.15, 0.2) is 0 Å². The fourth-order valence-electron chi connectivity index (χ4n) is 2.47. The molecule has 1 aromatic carbocycles. The van der Waals surface area contributed by atoms with Gasteiger partial charge in [0.05, 0.1) is 11.1 Å². The Morgan fingerprint density at radius 3 is 2.60 bits per heavy atom. The molecule has 3 heteroatoms. The van der Waals surface area contributed by atoms with Gasteiger partial charge in [0.1, 0.15) is 0 Å². The monoisotopic (exact) mass is 265 g/mol. The highest BCUT2D eigenvalue weighted by Gasteiger charge is 2.18. The number of rotatable bonds is 2. The third-order valence-corrected chi connectivity index (χ3v) is 3.72. The van der Waals surface area contributed by atoms with E-state index < -0.39 is 5.97 Å². The smallest absolute Gasteiger partial charge is 0.338 e. The lowest BCUT2D eigenvalue weighted by Gasteiger charge is -2.05. The molecule has 0 saturated heterocycles. The Hall–Kier alpha value is -2.55. The van der Waals surface area contributed by atoms with Gasteiger partial charge in [0.2, 0.25) is 0 Å². The van der Waals surface area contributed by atoms with E-state index in [0.717, 1.165) is 16.7 Å². The van der Waals surface area contributed by atoms with Crippen LogP contribution < -0.4 is 0 Å². The van der Waals surface area contributed by atoms with Gasteiger partial charge >= 0.3 is 5.97 Å². The molecule has 3 nitrogen and oxygen atoms in total. The third kappa shape index (κ3) is 1.88. The van der Waals surface area contributed by atoms with E-state index in [2.05, 4.69) is 0 Å². The summed E-state index contributed by atoms with van der Waals surface area (Å²) in [5.41, 5.74) is 5.13. The molecule has 20 heavy (non-hydrogen) atoms. The van der Waals surface area contributed by atoms with Crippen molar-refractivity contribution in [2.24, 2.45) is 0 Å². The molecule has 2 heterocycles. The number of pyridine rings is 1. The zero-order valence-corrected chi connectivity index (χ0v) is 11.4. The van der Waals surface area contributed by atoms with Crippen molar-refractivity contribution >= 4 is 11.5 Å². The van der Waals surface area contributed by atoms with Crippen LogP contribution in [0.5, 0.6) is 0 Å². The van der Waals surface area contributed by atoms with E-state index in [1.807, 2.05) is 67.0 Å². The van der Waals surface area contributed by atoms with Crippen molar-refractivity contribution in [2.75, 3.05) is 0 Å². The first-order valence-electron chi connectivity index (χ1n) is 6.48. The van der Waals surface area contributed by atoms with E-state index in [-0.39, 0.29) is 0 Å². The van der Waals surface area contributed by atoms with Crippen LogP contribution in [0.4, 0.5) is 0 Å². The molecule has 0 radical (unpaired) electrons. The normalized spacial score (nSPS) is 10.9. The van der Waals surface area contributed by atoms with Gasteiger partial charge in [0.25, 0.3) is 0 Å². The van der Waals surface area contributed by atoms with E-state index in [1.165, 1.54) is 5.56 Å². The van der Waals surface area contributed by atoms with E-state index in [1.54, 1.807) is 0 Å². The minimum absolute atomic E-state index is 0.355. The highest BCUT2D eigenvalue weighted by atomic mass is 16.4. The summed E-state index contributed by atoms with van der Waals surface area (Å²) in [6, 6.07) is 11.6. The van der Waals surface area contributed by atoms with Crippen LogP contribution in [0.2, 0.25) is 0 Å². The first-order chi connectivity index (χ1) is 9.58. The van der Waals surface area contributed by atoms with Crippen molar-refractivity contribution in [1.29, 1.82) is 0 Å². The summed E-state index contributed by atoms with van der Waals surface area (Å²) >= 11 is 0. The second-order valence-electron chi connectivity index (χ2n) is 5.02. The molecule has 0 aliphatic heterocycles. The van der Waals surface area contributed by atoms with Crippen LogP contribution in [0.3, 0.4) is 0 Å². The summed E-state index contributed by atoms with van der Waals surface area (Å²) in [6.07, 6.45) is 3.75. The summed E-state index contributed by atoms with van der Waals surface area (Å²) in [5.74, 6) is -0.896. The average molecular weight is 265 g/mol. The quantitative estimate of drug-likeness (QED) is 0.763. The first kappa shape index (κ1) is 12.5. The molecule has 3 aromatic rings. The van der Waals surface area contributed by atoms with Crippen LogP contribution in [0, 0.1) is 13.8 Å². The van der Waals surface area contributed by atoms with Crippen LogP contribution in [0.1, 0.15) is 21.5 Å². The molecular formula is C17H15NO2.